The highest BCUT2D eigenvalue weighted by atomic mass is 16.5. The van der Waals surface area contributed by atoms with E-state index in [4.69, 9.17) is 11.2 Å². The summed E-state index contributed by atoms with van der Waals surface area (Å²) >= 11 is 0. The normalized spacial score (nSPS) is 13.3. The van der Waals surface area contributed by atoms with Crippen LogP contribution in [0.3, 0.4) is 0 Å². The summed E-state index contributed by atoms with van der Waals surface area (Å²) in [5, 5.41) is 0. The van der Waals surface area contributed by atoms with Gasteiger partial charge in [-0.25, -0.2) is 0 Å². The largest absolute Gasteiger partial charge is 0.494 e. The van der Waals surface area contributed by atoms with E-state index < -0.39 is 0 Å². The van der Waals surface area contributed by atoms with Gasteiger partial charge in [0, 0.05) is 6.42 Å². The highest BCUT2D eigenvalue weighted by molar-refractivity contribution is 5.38. The Bertz CT molecular complexity index is 373. The zero-order valence-electron chi connectivity index (χ0n) is 8.96. The fourth-order valence-corrected chi connectivity index (χ4v) is 2.00. The number of aryl methyl sites for hydroxylation is 2. The summed E-state index contributed by atoms with van der Waals surface area (Å²) in [7, 11) is 0. The highest BCUT2D eigenvalue weighted by Crippen LogP contribution is 2.25. The van der Waals surface area contributed by atoms with Crippen molar-refractivity contribution in [2.45, 2.75) is 32.1 Å². The van der Waals surface area contributed by atoms with Gasteiger partial charge in [-0.1, -0.05) is 6.07 Å². The smallest absolute Gasteiger partial charge is 0.119 e. The molecule has 0 atom stereocenters. The van der Waals surface area contributed by atoms with Crippen molar-refractivity contribution in [2.24, 2.45) is 0 Å². The van der Waals surface area contributed by atoms with E-state index >= 15 is 0 Å². The summed E-state index contributed by atoms with van der Waals surface area (Å²) in [5.41, 5.74) is 2.95. The second-order valence-electron chi connectivity index (χ2n) is 3.94. The van der Waals surface area contributed by atoms with Gasteiger partial charge in [0.05, 0.1) is 6.61 Å². The molecule has 0 heterocycles. The molecule has 0 aromatic heterocycles. The van der Waals surface area contributed by atoms with Crippen LogP contribution in [-0.2, 0) is 12.8 Å². The molecule has 1 aromatic rings. The van der Waals surface area contributed by atoms with E-state index in [9.17, 15) is 0 Å². The Hall–Kier alpha value is -1.42. The summed E-state index contributed by atoms with van der Waals surface area (Å²) in [6, 6.07) is 6.44. The van der Waals surface area contributed by atoms with E-state index in [-0.39, 0.29) is 0 Å². The fourth-order valence-electron chi connectivity index (χ4n) is 2.00. The molecule has 78 valence electrons. The Kier molecular flexibility index (Phi) is 3.29. The molecule has 0 radical (unpaired) electrons. The van der Waals surface area contributed by atoms with Gasteiger partial charge >= 0.3 is 0 Å². The second kappa shape index (κ2) is 4.89. The molecule has 0 saturated carbocycles. The number of rotatable bonds is 4. The molecule has 2 rings (SSSR count). The Labute approximate surface area is 91.5 Å². The third-order valence-electron chi connectivity index (χ3n) is 2.80. The number of hydrogen-bond acceptors (Lipinski definition) is 1. The van der Waals surface area contributed by atoms with Crippen LogP contribution in [0.4, 0.5) is 0 Å². The maximum absolute atomic E-state index is 5.64. The second-order valence-corrected chi connectivity index (χ2v) is 3.94. The minimum Gasteiger partial charge on any atom is -0.494 e. The lowest BCUT2D eigenvalue weighted by molar-refractivity contribution is 0.312. The summed E-state index contributed by atoms with van der Waals surface area (Å²) in [5.74, 6) is 3.61. The molecule has 15 heavy (non-hydrogen) atoms. The summed E-state index contributed by atoms with van der Waals surface area (Å²) in [6.07, 6.45) is 10.6. The van der Waals surface area contributed by atoms with Crippen LogP contribution in [0.5, 0.6) is 5.75 Å². The average Bonchev–Trinajstić information content (AvgIpc) is 2.71. The Morgan fingerprint density at radius 1 is 1.27 bits per heavy atom. The minimum atomic E-state index is 0.725. The van der Waals surface area contributed by atoms with E-state index in [1.165, 1.54) is 30.4 Å². The maximum Gasteiger partial charge on any atom is 0.119 e. The van der Waals surface area contributed by atoms with Crippen molar-refractivity contribution in [3.8, 4) is 18.1 Å². The van der Waals surface area contributed by atoms with Crippen molar-refractivity contribution in [3.05, 3.63) is 29.3 Å². The summed E-state index contributed by atoms with van der Waals surface area (Å²) in [4.78, 5) is 0. The van der Waals surface area contributed by atoms with Crippen LogP contribution in [0.15, 0.2) is 18.2 Å². The first-order valence-corrected chi connectivity index (χ1v) is 5.58. The molecule has 0 saturated heterocycles. The lowest BCUT2D eigenvalue weighted by Crippen LogP contribution is -1.97. The monoisotopic (exact) mass is 200 g/mol. The number of hydrogen-bond donors (Lipinski definition) is 0. The van der Waals surface area contributed by atoms with Gasteiger partial charge in [-0.2, -0.15) is 0 Å². The lowest BCUT2D eigenvalue weighted by atomic mass is 10.1. The third-order valence-corrected chi connectivity index (χ3v) is 2.80. The number of unbranched alkanes of at least 4 members (excludes halogenated alkanes) is 1. The van der Waals surface area contributed by atoms with Gasteiger partial charge in [0.25, 0.3) is 0 Å². The Morgan fingerprint density at radius 2 is 2.13 bits per heavy atom. The van der Waals surface area contributed by atoms with Crippen molar-refractivity contribution in [2.75, 3.05) is 6.61 Å². The Morgan fingerprint density at radius 3 is 3.00 bits per heavy atom. The van der Waals surface area contributed by atoms with Gasteiger partial charge in [-0.3, -0.25) is 0 Å². The third kappa shape index (κ3) is 2.53. The predicted octanol–water partition coefficient (Wildman–Crippen LogP) is 2.97. The van der Waals surface area contributed by atoms with Crippen LogP contribution in [0.1, 0.15) is 30.4 Å². The number of ether oxygens (including phenoxy) is 1. The van der Waals surface area contributed by atoms with Crippen molar-refractivity contribution in [3.63, 3.8) is 0 Å². The quantitative estimate of drug-likeness (QED) is 0.536. The number of terminal acetylenes is 1. The van der Waals surface area contributed by atoms with Crippen LogP contribution >= 0.6 is 0 Å². The van der Waals surface area contributed by atoms with Crippen molar-refractivity contribution in [1.82, 2.24) is 0 Å². The van der Waals surface area contributed by atoms with Gasteiger partial charge in [-0.05, 0) is 48.9 Å². The van der Waals surface area contributed by atoms with Crippen LogP contribution in [0.25, 0.3) is 0 Å². The number of benzene rings is 1. The SMILES string of the molecule is C#CCCCOc1ccc2c(c1)CCC2. The molecule has 0 spiro atoms. The van der Waals surface area contributed by atoms with Crippen molar-refractivity contribution < 1.29 is 4.74 Å². The van der Waals surface area contributed by atoms with Gasteiger partial charge in [0.1, 0.15) is 5.75 Å². The molecule has 1 aliphatic carbocycles. The Balaban J connectivity index is 1.90. The highest BCUT2D eigenvalue weighted by Gasteiger charge is 2.10. The first-order chi connectivity index (χ1) is 7.40. The first kappa shape index (κ1) is 10.1. The van der Waals surface area contributed by atoms with E-state index in [1.54, 1.807) is 0 Å². The van der Waals surface area contributed by atoms with Crippen molar-refractivity contribution >= 4 is 0 Å². The van der Waals surface area contributed by atoms with Gasteiger partial charge in [0.2, 0.25) is 0 Å². The molecule has 0 fully saturated rings. The van der Waals surface area contributed by atoms with E-state index in [1.807, 2.05) is 0 Å². The summed E-state index contributed by atoms with van der Waals surface area (Å²) in [6.45, 7) is 0.725. The van der Waals surface area contributed by atoms with Crippen molar-refractivity contribution in [1.29, 1.82) is 0 Å². The molecular weight excluding hydrogens is 184 g/mol. The molecule has 1 nitrogen and oxygen atoms in total. The minimum absolute atomic E-state index is 0.725. The predicted molar refractivity (Wildman–Crippen MR) is 62.0 cm³/mol. The topological polar surface area (TPSA) is 9.23 Å². The number of fused-ring (bicyclic) bond motifs is 1. The van der Waals surface area contributed by atoms with E-state index in [0.29, 0.717) is 0 Å². The standard InChI is InChI=1S/C14H16O/c1-2-3-4-10-15-14-9-8-12-6-5-7-13(12)11-14/h1,8-9,11H,3-7,10H2. The fraction of sp³-hybridized carbons (Fsp3) is 0.429. The van der Waals surface area contributed by atoms with Crippen LogP contribution < -0.4 is 4.74 Å². The molecule has 1 aliphatic rings. The van der Waals surface area contributed by atoms with Crippen LogP contribution in [0, 0.1) is 12.3 Å². The molecule has 0 aliphatic heterocycles. The van der Waals surface area contributed by atoms with Gasteiger partial charge in [0.15, 0.2) is 0 Å². The lowest BCUT2D eigenvalue weighted by Gasteiger charge is -2.06. The molecule has 0 amide bonds. The average molecular weight is 200 g/mol. The van der Waals surface area contributed by atoms with Crippen LogP contribution in [0.2, 0.25) is 0 Å². The summed E-state index contributed by atoms with van der Waals surface area (Å²) < 4.78 is 5.64. The zero-order valence-corrected chi connectivity index (χ0v) is 8.96. The van der Waals surface area contributed by atoms with Gasteiger partial charge < -0.3 is 4.74 Å². The first-order valence-electron chi connectivity index (χ1n) is 5.58. The molecule has 0 bridgehead atoms. The maximum atomic E-state index is 5.64. The van der Waals surface area contributed by atoms with E-state index in [0.717, 1.165) is 25.2 Å². The van der Waals surface area contributed by atoms with Gasteiger partial charge in [-0.15, -0.1) is 12.3 Å². The molecule has 1 aromatic carbocycles. The molecular formula is C14H16O. The van der Waals surface area contributed by atoms with Crippen LogP contribution in [-0.4, -0.2) is 6.61 Å². The van der Waals surface area contributed by atoms with E-state index in [2.05, 4.69) is 24.1 Å². The zero-order chi connectivity index (χ0) is 10.5. The molecule has 0 unspecified atom stereocenters. The molecule has 0 N–H and O–H groups in total. The molecule has 1 heteroatoms.